The number of likely N-dealkylation sites (N-methyl/N-ethyl adjacent to an activating group) is 1. The Hall–Kier alpha value is -2.62. The molecule has 2 aromatic rings. The Bertz CT molecular complexity index is 891. The van der Waals surface area contributed by atoms with E-state index in [9.17, 15) is 13.2 Å². The van der Waals surface area contributed by atoms with Crippen LogP contribution in [0.1, 0.15) is 23.2 Å². The average molecular weight is 408 g/mol. The van der Waals surface area contributed by atoms with E-state index >= 15 is 0 Å². The largest absolute Gasteiger partial charge is 0.481 e. The highest BCUT2D eigenvalue weighted by Crippen LogP contribution is 2.38. The molecule has 29 heavy (non-hydrogen) atoms. The van der Waals surface area contributed by atoms with Gasteiger partial charge in [-0.2, -0.15) is 13.2 Å². The lowest BCUT2D eigenvalue weighted by Crippen LogP contribution is -2.33. The maximum absolute atomic E-state index is 13.4. The van der Waals surface area contributed by atoms with Crippen molar-refractivity contribution in [2.24, 2.45) is 0 Å². The van der Waals surface area contributed by atoms with E-state index in [1.54, 1.807) is 6.33 Å². The monoisotopic (exact) mass is 408 g/mol. The van der Waals surface area contributed by atoms with Crippen molar-refractivity contribution in [2.45, 2.75) is 31.6 Å². The Morgan fingerprint density at radius 2 is 2.03 bits per heavy atom. The number of pyridine rings is 1. The van der Waals surface area contributed by atoms with Crippen LogP contribution in [-0.4, -0.2) is 59.7 Å². The van der Waals surface area contributed by atoms with Crippen LogP contribution in [0.5, 0.6) is 5.88 Å². The molecule has 4 heterocycles. The molecule has 0 saturated carbocycles. The van der Waals surface area contributed by atoms with Crippen molar-refractivity contribution in [1.82, 2.24) is 19.9 Å². The molecule has 1 atom stereocenters. The van der Waals surface area contributed by atoms with Gasteiger partial charge < -0.3 is 19.9 Å². The summed E-state index contributed by atoms with van der Waals surface area (Å²) in [5.41, 5.74) is 1.39. The number of methoxy groups -OCH3 is 1. The van der Waals surface area contributed by atoms with Crippen LogP contribution in [0.25, 0.3) is 0 Å². The molecule has 2 aromatic heterocycles. The maximum atomic E-state index is 13.4. The van der Waals surface area contributed by atoms with Crippen LogP contribution in [-0.2, 0) is 19.1 Å². The Labute approximate surface area is 166 Å². The molecule has 0 aliphatic carbocycles. The molecular weight excluding hydrogens is 385 g/mol. The highest BCUT2D eigenvalue weighted by Gasteiger charge is 2.36. The second-order valence-electron chi connectivity index (χ2n) is 7.46. The fraction of sp³-hybridized carbons (Fsp3) is 0.526. The molecule has 0 radical (unpaired) electrons. The first-order valence-electron chi connectivity index (χ1n) is 9.49. The van der Waals surface area contributed by atoms with Crippen molar-refractivity contribution < 1.29 is 17.9 Å². The summed E-state index contributed by atoms with van der Waals surface area (Å²) in [7, 11) is 3.26. The number of anilines is 2. The molecule has 4 rings (SSSR count). The summed E-state index contributed by atoms with van der Waals surface area (Å²) < 4.78 is 44.9. The Morgan fingerprint density at radius 3 is 2.72 bits per heavy atom. The number of nitrogens with zero attached hydrogens (tertiary/aromatic N) is 5. The molecule has 7 nitrogen and oxygen atoms in total. The Kier molecular flexibility index (Phi) is 5.20. The third-order valence-electron chi connectivity index (χ3n) is 5.43. The fourth-order valence-corrected chi connectivity index (χ4v) is 3.91. The third kappa shape index (κ3) is 4.07. The number of alkyl halides is 3. The van der Waals surface area contributed by atoms with E-state index in [2.05, 4.69) is 32.2 Å². The molecule has 0 amide bonds. The summed E-state index contributed by atoms with van der Waals surface area (Å²) in [6, 6.07) is 1.40. The molecule has 2 aliphatic heterocycles. The van der Waals surface area contributed by atoms with Gasteiger partial charge in [-0.05, 0) is 26.1 Å². The predicted octanol–water partition coefficient (Wildman–Crippen LogP) is 2.58. The quantitative estimate of drug-likeness (QED) is 0.834. The van der Waals surface area contributed by atoms with E-state index in [0.29, 0.717) is 31.2 Å². The summed E-state index contributed by atoms with van der Waals surface area (Å²) in [5, 5.41) is 3.49. The van der Waals surface area contributed by atoms with Crippen LogP contribution >= 0.6 is 0 Å². The smallest absolute Gasteiger partial charge is 0.421 e. The number of aromatic nitrogens is 3. The van der Waals surface area contributed by atoms with Gasteiger partial charge in [0.1, 0.15) is 17.7 Å². The van der Waals surface area contributed by atoms with Crippen LogP contribution < -0.4 is 15.0 Å². The number of nitrogens with one attached hydrogen (secondary N) is 1. The van der Waals surface area contributed by atoms with Crippen LogP contribution in [0.4, 0.5) is 24.7 Å². The highest BCUT2D eigenvalue weighted by molar-refractivity contribution is 5.56. The van der Waals surface area contributed by atoms with Crippen molar-refractivity contribution in [2.75, 3.05) is 44.0 Å². The van der Waals surface area contributed by atoms with E-state index in [0.717, 1.165) is 42.7 Å². The van der Waals surface area contributed by atoms with Gasteiger partial charge in [0.2, 0.25) is 5.88 Å². The highest BCUT2D eigenvalue weighted by atomic mass is 19.4. The summed E-state index contributed by atoms with van der Waals surface area (Å²) in [4.78, 5) is 16.8. The molecule has 0 spiro atoms. The van der Waals surface area contributed by atoms with Crippen LogP contribution in [0.3, 0.4) is 0 Å². The van der Waals surface area contributed by atoms with Crippen LogP contribution in [0.2, 0.25) is 0 Å². The summed E-state index contributed by atoms with van der Waals surface area (Å²) in [6.07, 6.45) is 0.0846. The van der Waals surface area contributed by atoms with Gasteiger partial charge in [0.05, 0.1) is 24.7 Å². The van der Waals surface area contributed by atoms with E-state index < -0.39 is 17.6 Å². The first-order valence-corrected chi connectivity index (χ1v) is 9.49. The minimum atomic E-state index is -4.54. The fourth-order valence-electron chi connectivity index (χ4n) is 3.91. The van der Waals surface area contributed by atoms with E-state index in [4.69, 9.17) is 4.74 Å². The van der Waals surface area contributed by atoms with Gasteiger partial charge in [-0.15, -0.1) is 0 Å². The van der Waals surface area contributed by atoms with E-state index in [1.807, 2.05) is 4.90 Å². The van der Waals surface area contributed by atoms with Gasteiger partial charge in [0, 0.05) is 37.7 Å². The number of fused-ring (bicyclic) bond motifs is 1. The van der Waals surface area contributed by atoms with Crippen molar-refractivity contribution >= 4 is 11.5 Å². The topological polar surface area (TPSA) is 66.4 Å². The lowest BCUT2D eigenvalue weighted by Gasteiger charge is -2.31. The molecule has 1 saturated heterocycles. The van der Waals surface area contributed by atoms with E-state index in [-0.39, 0.29) is 0 Å². The van der Waals surface area contributed by atoms with Crippen molar-refractivity contribution in [3.63, 3.8) is 0 Å². The zero-order chi connectivity index (χ0) is 20.6. The number of rotatable bonds is 4. The molecule has 2 aliphatic rings. The van der Waals surface area contributed by atoms with Gasteiger partial charge in [0.25, 0.3) is 0 Å². The summed E-state index contributed by atoms with van der Waals surface area (Å²) in [6.45, 7) is 2.93. The van der Waals surface area contributed by atoms with Gasteiger partial charge in [-0.25, -0.2) is 15.0 Å². The molecular formula is C19H23F3N6O. The normalized spacial score (nSPS) is 19.9. The summed E-state index contributed by atoms with van der Waals surface area (Å²) >= 11 is 0. The average Bonchev–Trinajstić information content (AvgIpc) is 3.11. The lowest BCUT2D eigenvalue weighted by atomic mass is 10.0. The third-order valence-corrected chi connectivity index (χ3v) is 5.43. The number of halogens is 3. The molecule has 156 valence electrons. The predicted molar refractivity (Wildman–Crippen MR) is 102 cm³/mol. The van der Waals surface area contributed by atoms with Crippen LogP contribution in [0.15, 0.2) is 18.6 Å². The number of hydrogen-bond donors (Lipinski definition) is 1. The molecule has 0 aromatic carbocycles. The second-order valence-corrected chi connectivity index (χ2v) is 7.46. The Balaban J connectivity index is 1.60. The first kappa shape index (κ1) is 19.7. The van der Waals surface area contributed by atoms with Gasteiger partial charge >= 0.3 is 6.18 Å². The standard InChI is InChI=1S/C19H23F3N6O/c1-27-5-3-12(9-27)26-17-14-10-28(6-4-16(14)24-11-25-17)13-7-15(19(20,21)22)18(29-2)23-8-13/h7-8,11-12H,3-6,9-10H2,1-2H3,(H,24,25,26)/t12-/m0/s1. The number of hydrogen-bond acceptors (Lipinski definition) is 7. The van der Waals surface area contributed by atoms with Gasteiger partial charge in [-0.3, -0.25) is 0 Å². The molecule has 1 fully saturated rings. The van der Waals surface area contributed by atoms with Crippen molar-refractivity contribution in [3.05, 3.63) is 35.4 Å². The number of likely N-dealkylation sites (tertiary alicyclic amines) is 1. The SMILES string of the molecule is COc1ncc(N2CCc3ncnc(N[C@H]4CCN(C)C4)c3C2)cc1C(F)(F)F. The van der Waals surface area contributed by atoms with Crippen molar-refractivity contribution in [1.29, 1.82) is 0 Å². The minimum absolute atomic E-state index is 0.300. The molecule has 0 unspecified atom stereocenters. The lowest BCUT2D eigenvalue weighted by molar-refractivity contribution is -0.139. The Morgan fingerprint density at radius 1 is 1.21 bits per heavy atom. The number of ether oxygens (including phenoxy) is 1. The minimum Gasteiger partial charge on any atom is -0.481 e. The zero-order valence-electron chi connectivity index (χ0n) is 16.3. The zero-order valence-corrected chi connectivity index (χ0v) is 16.3. The molecule has 10 heteroatoms. The van der Waals surface area contributed by atoms with Crippen molar-refractivity contribution in [3.8, 4) is 5.88 Å². The van der Waals surface area contributed by atoms with Crippen LogP contribution in [0, 0.1) is 0 Å². The first-order chi connectivity index (χ1) is 13.8. The van der Waals surface area contributed by atoms with Gasteiger partial charge in [0.15, 0.2) is 0 Å². The molecule has 0 bridgehead atoms. The summed E-state index contributed by atoms with van der Waals surface area (Å²) in [5.74, 6) is 0.340. The van der Waals surface area contributed by atoms with E-state index in [1.165, 1.54) is 13.3 Å². The van der Waals surface area contributed by atoms with Gasteiger partial charge in [-0.1, -0.05) is 0 Å². The molecule has 1 N–H and O–H groups in total. The second kappa shape index (κ2) is 7.66. The maximum Gasteiger partial charge on any atom is 0.421 e.